The van der Waals surface area contributed by atoms with E-state index in [0.29, 0.717) is 18.2 Å². The van der Waals surface area contributed by atoms with Crippen LogP contribution >= 0.6 is 0 Å². The van der Waals surface area contributed by atoms with Crippen LogP contribution in [0.25, 0.3) is 0 Å². The Hall–Kier alpha value is -1.55. The molecule has 2 N–H and O–H groups in total. The number of carboxylic acid groups (broad SMARTS) is 1. The molecular weight excluding hydrogens is 242 g/mol. The van der Waals surface area contributed by atoms with Gasteiger partial charge in [0.1, 0.15) is 5.75 Å². The van der Waals surface area contributed by atoms with E-state index in [-0.39, 0.29) is 0 Å². The third-order valence-electron chi connectivity index (χ3n) is 2.94. The smallest absolute Gasteiger partial charge is 0.344 e. The summed E-state index contributed by atoms with van der Waals surface area (Å²) >= 11 is 0. The number of aliphatic carboxylic acids is 1. The largest absolute Gasteiger partial charge is 0.479 e. The summed E-state index contributed by atoms with van der Waals surface area (Å²) in [4.78, 5) is 10.9. The van der Waals surface area contributed by atoms with Crippen molar-refractivity contribution in [1.29, 1.82) is 0 Å². The van der Waals surface area contributed by atoms with E-state index < -0.39 is 12.1 Å². The molecule has 0 radical (unpaired) electrons. The first-order valence-electron chi connectivity index (χ1n) is 6.78. The van der Waals surface area contributed by atoms with Crippen LogP contribution < -0.4 is 10.1 Å². The second-order valence-corrected chi connectivity index (χ2v) is 4.66. The molecule has 0 aliphatic rings. The van der Waals surface area contributed by atoms with Gasteiger partial charge in [-0.05, 0) is 44.0 Å². The number of benzene rings is 1. The van der Waals surface area contributed by atoms with Crippen molar-refractivity contribution in [2.24, 2.45) is 0 Å². The Morgan fingerprint density at radius 2 is 1.95 bits per heavy atom. The van der Waals surface area contributed by atoms with Crippen molar-refractivity contribution in [2.45, 2.75) is 45.8 Å². The van der Waals surface area contributed by atoms with Crippen LogP contribution in [0.5, 0.6) is 5.75 Å². The third kappa shape index (κ3) is 5.30. The van der Waals surface area contributed by atoms with Gasteiger partial charge in [0.2, 0.25) is 0 Å². The summed E-state index contributed by atoms with van der Waals surface area (Å²) < 4.78 is 5.42. The molecule has 0 bridgehead atoms. The van der Waals surface area contributed by atoms with Crippen molar-refractivity contribution in [3.8, 4) is 5.75 Å². The van der Waals surface area contributed by atoms with E-state index in [4.69, 9.17) is 9.84 Å². The normalized spacial score (nSPS) is 13.8. The first-order valence-corrected chi connectivity index (χ1v) is 6.78. The lowest BCUT2D eigenvalue weighted by Crippen LogP contribution is -2.27. The first-order chi connectivity index (χ1) is 9.06. The van der Waals surface area contributed by atoms with Crippen molar-refractivity contribution in [2.75, 3.05) is 6.54 Å². The second-order valence-electron chi connectivity index (χ2n) is 4.66. The van der Waals surface area contributed by atoms with Gasteiger partial charge in [0, 0.05) is 6.04 Å². The van der Waals surface area contributed by atoms with Gasteiger partial charge in [-0.25, -0.2) is 4.79 Å². The number of hydrogen-bond acceptors (Lipinski definition) is 3. The molecule has 0 heterocycles. The summed E-state index contributed by atoms with van der Waals surface area (Å²) in [5, 5.41) is 12.3. The fourth-order valence-corrected chi connectivity index (χ4v) is 1.95. The van der Waals surface area contributed by atoms with Crippen LogP contribution in [-0.2, 0) is 11.2 Å². The molecular formula is C15H23NO3. The minimum absolute atomic E-state index is 0.430. The minimum Gasteiger partial charge on any atom is -0.479 e. The van der Waals surface area contributed by atoms with E-state index in [9.17, 15) is 4.79 Å². The first kappa shape index (κ1) is 15.5. The number of hydrogen-bond donors (Lipinski definition) is 2. The molecule has 4 heteroatoms. The molecule has 1 aromatic carbocycles. The van der Waals surface area contributed by atoms with Gasteiger partial charge in [-0.1, -0.05) is 26.0 Å². The monoisotopic (exact) mass is 265 g/mol. The Labute approximate surface area is 114 Å². The zero-order chi connectivity index (χ0) is 14.3. The van der Waals surface area contributed by atoms with Crippen LogP contribution in [0.15, 0.2) is 24.3 Å². The fourth-order valence-electron chi connectivity index (χ4n) is 1.95. The minimum atomic E-state index is -0.924. The molecule has 0 aliphatic carbocycles. The van der Waals surface area contributed by atoms with Crippen LogP contribution in [0, 0.1) is 0 Å². The van der Waals surface area contributed by atoms with E-state index in [1.54, 1.807) is 6.92 Å². The van der Waals surface area contributed by atoms with Gasteiger partial charge in [-0.3, -0.25) is 0 Å². The van der Waals surface area contributed by atoms with E-state index in [1.165, 1.54) is 5.56 Å². The number of carboxylic acids is 1. The molecule has 1 rings (SSSR count). The molecule has 2 unspecified atom stereocenters. The van der Waals surface area contributed by atoms with Crippen molar-refractivity contribution >= 4 is 5.97 Å². The van der Waals surface area contributed by atoms with Crippen molar-refractivity contribution in [1.82, 2.24) is 5.32 Å². The molecule has 0 saturated heterocycles. The zero-order valence-corrected chi connectivity index (χ0v) is 11.8. The summed E-state index contributed by atoms with van der Waals surface area (Å²) in [5.74, 6) is -0.318. The summed E-state index contributed by atoms with van der Waals surface area (Å²) in [5.41, 5.74) is 1.21. The quantitative estimate of drug-likeness (QED) is 0.758. The molecule has 19 heavy (non-hydrogen) atoms. The predicted molar refractivity (Wildman–Crippen MR) is 75.6 cm³/mol. The lowest BCUT2D eigenvalue weighted by Gasteiger charge is -2.15. The topological polar surface area (TPSA) is 58.6 Å². The van der Waals surface area contributed by atoms with E-state index >= 15 is 0 Å². The maximum atomic E-state index is 10.9. The summed E-state index contributed by atoms with van der Waals surface area (Å²) in [6.07, 6.45) is 0.630. The standard InChI is InChI=1S/C15H23NO3/c1-4-14(15(17)18)19-13-8-6-12(7-9-13)10-11(3)16-5-2/h6-9,11,14,16H,4-5,10H2,1-3H3,(H,17,18). The Morgan fingerprint density at radius 3 is 2.42 bits per heavy atom. The number of likely N-dealkylation sites (N-methyl/N-ethyl adjacent to an activating group) is 1. The van der Waals surface area contributed by atoms with E-state index in [2.05, 4.69) is 19.2 Å². The van der Waals surface area contributed by atoms with E-state index in [0.717, 1.165) is 13.0 Å². The lowest BCUT2D eigenvalue weighted by atomic mass is 10.1. The average Bonchev–Trinajstić information content (AvgIpc) is 2.37. The summed E-state index contributed by atoms with van der Waals surface area (Å²) in [6.45, 7) is 6.99. The number of carbonyl (C=O) groups is 1. The molecule has 106 valence electrons. The van der Waals surface area contributed by atoms with Crippen molar-refractivity contribution in [3.63, 3.8) is 0 Å². The molecule has 0 amide bonds. The third-order valence-corrected chi connectivity index (χ3v) is 2.94. The van der Waals surface area contributed by atoms with Gasteiger partial charge in [-0.15, -0.1) is 0 Å². The Balaban J connectivity index is 2.58. The number of ether oxygens (including phenoxy) is 1. The molecule has 1 aromatic rings. The Morgan fingerprint density at radius 1 is 1.32 bits per heavy atom. The van der Waals surface area contributed by atoms with Gasteiger partial charge >= 0.3 is 5.97 Å². The molecule has 0 fully saturated rings. The van der Waals surface area contributed by atoms with Gasteiger partial charge in [0.05, 0.1) is 0 Å². The molecule has 0 aliphatic heterocycles. The predicted octanol–water partition coefficient (Wildman–Crippen LogP) is 2.47. The highest BCUT2D eigenvalue weighted by Gasteiger charge is 2.16. The molecule has 2 atom stereocenters. The number of nitrogens with one attached hydrogen (secondary N) is 1. The molecule has 4 nitrogen and oxygen atoms in total. The highest BCUT2D eigenvalue weighted by molar-refractivity contribution is 5.72. The van der Waals surface area contributed by atoms with Crippen LogP contribution in [0.1, 0.15) is 32.8 Å². The molecule has 0 saturated carbocycles. The van der Waals surface area contributed by atoms with Gasteiger partial charge < -0.3 is 15.2 Å². The Bertz CT molecular complexity index is 389. The molecule has 0 spiro atoms. The maximum absolute atomic E-state index is 10.9. The van der Waals surface area contributed by atoms with E-state index in [1.807, 2.05) is 24.3 Å². The van der Waals surface area contributed by atoms with Crippen LogP contribution in [0.3, 0.4) is 0 Å². The average molecular weight is 265 g/mol. The van der Waals surface area contributed by atoms with Crippen molar-refractivity contribution in [3.05, 3.63) is 29.8 Å². The summed E-state index contributed by atoms with van der Waals surface area (Å²) in [6, 6.07) is 8.06. The fraction of sp³-hybridized carbons (Fsp3) is 0.533. The second kappa shape index (κ2) is 7.79. The van der Waals surface area contributed by atoms with Crippen LogP contribution in [-0.4, -0.2) is 29.8 Å². The van der Waals surface area contributed by atoms with Crippen LogP contribution in [0.2, 0.25) is 0 Å². The maximum Gasteiger partial charge on any atom is 0.344 e. The lowest BCUT2D eigenvalue weighted by molar-refractivity contribution is -0.145. The van der Waals surface area contributed by atoms with Gasteiger partial charge in [0.25, 0.3) is 0 Å². The zero-order valence-electron chi connectivity index (χ0n) is 11.8. The van der Waals surface area contributed by atoms with Crippen LogP contribution in [0.4, 0.5) is 0 Å². The highest BCUT2D eigenvalue weighted by Crippen LogP contribution is 2.16. The number of rotatable bonds is 8. The SMILES string of the molecule is CCNC(C)Cc1ccc(OC(CC)C(=O)O)cc1. The molecule has 0 aromatic heterocycles. The Kier molecular flexibility index (Phi) is 6.36. The van der Waals surface area contributed by atoms with Gasteiger partial charge in [-0.2, -0.15) is 0 Å². The highest BCUT2D eigenvalue weighted by atomic mass is 16.5. The summed E-state index contributed by atoms with van der Waals surface area (Å²) in [7, 11) is 0. The van der Waals surface area contributed by atoms with Gasteiger partial charge in [0.15, 0.2) is 6.10 Å². The van der Waals surface area contributed by atoms with Crippen molar-refractivity contribution < 1.29 is 14.6 Å².